The molecule has 1 atom stereocenters. The Bertz CT molecular complexity index is 479. The Morgan fingerprint density at radius 1 is 1.33 bits per heavy atom. The van der Waals surface area contributed by atoms with E-state index >= 15 is 0 Å². The van der Waals surface area contributed by atoms with Gasteiger partial charge in [0.1, 0.15) is 0 Å². The molecule has 1 aromatic rings. The highest BCUT2D eigenvalue weighted by atomic mass is 32.2. The Hall–Kier alpha value is -1.36. The summed E-state index contributed by atoms with van der Waals surface area (Å²) in [6, 6.07) is 5.54. The van der Waals surface area contributed by atoms with Crippen LogP contribution in [0.4, 0.5) is 5.69 Å². The van der Waals surface area contributed by atoms with E-state index < -0.39 is 0 Å². The molecule has 1 aliphatic rings. The highest BCUT2D eigenvalue weighted by Crippen LogP contribution is 2.32. The maximum atomic E-state index is 12.1. The van der Waals surface area contributed by atoms with Crippen molar-refractivity contribution < 1.29 is 14.3 Å². The predicted octanol–water partition coefficient (Wildman–Crippen LogP) is 3.71. The van der Waals surface area contributed by atoms with Gasteiger partial charge in [0.25, 0.3) is 0 Å². The molecule has 1 aliphatic heterocycles. The molecule has 4 nitrogen and oxygen atoms in total. The first-order chi connectivity index (χ1) is 10.2. The number of carbonyl (C=O) groups excluding carboxylic acids is 1. The second-order valence-electron chi connectivity index (χ2n) is 5.07. The van der Waals surface area contributed by atoms with Gasteiger partial charge in [-0.1, -0.05) is 13.3 Å². The minimum atomic E-state index is -0.0486. The number of thioether (sulfide) groups is 1. The molecule has 21 heavy (non-hydrogen) atoms. The van der Waals surface area contributed by atoms with Crippen LogP contribution in [-0.4, -0.2) is 30.1 Å². The van der Waals surface area contributed by atoms with Crippen LogP contribution < -0.4 is 14.8 Å². The molecule has 0 fully saturated rings. The number of unbranched alkanes of at least 4 members (excludes halogenated alkanes) is 1. The second-order valence-corrected chi connectivity index (χ2v) is 6.52. The van der Waals surface area contributed by atoms with Crippen molar-refractivity contribution in [2.75, 3.05) is 24.3 Å². The Balaban J connectivity index is 1.93. The molecular formula is C16H23NO3S. The van der Waals surface area contributed by atoms with Gasteiger partial charge >= 0.3 is 0 Å². The molecule has 0 saturated carbocycles. The third-order valence-electron chi connectivity index (χ3n) is 3.25. The van der Waals surface area contributed by atoms with E-state index in [-0.39, 0.29) is 11.2 Å². The Morgan fingerprint density at radius 3 is 2.86 bits per heavy atom. The molecule has 1 unspecified atom stereocenters. The third-order valence-corrected chi connectivity index (χ3v) is 4.49. The van der Waals surface area contributed by atoms with Crippen molar-refractivity contribution in [3.63, 3.8) is 0 Å². The summed E-state index contributed by atoms with van der Waals surface area (Å²) >= 11 is 1.69. The molecule has 5 heteroatoms. The molecule has 0 bridgehead atoms. The number of fused-ring (bicyclic) bond motifs is 1. The van der Waals surface area contributed by atoms with E-state index in [1.54, 1.807) is 11.8 Å². The molecule has 1 aromatic carbocycles. The summed E-state index contributed by atoms with van der Waals surface area (Å²) in [4.78, 5) is 12.1. The SMILES string of the molecule is CCCCSC(C)C(=O)Nc1ccc2c(c1)OCCCO2. The zero-order valence-corrected chi connectivity index (χ0v) is 13.5. The fourth-order valence-electron chi connectivity index (χ4n) is 1.97. The van der Waals surface area contributed by atoms with E-state index in [9.17, 15) is 4.79 Å². The van der Waals surface area contributed by atoms with Crippen LogP contribution in [0.2, 0.25) is 0 Å². The number of benzene rings is 1. The lowest BCUT2D eigenvalue weighted by molar-refractivity contribution is -0.115. The van der Waals surface area contributed by atoms with Gasteiger partial charge in [-0.2, -0.15) is 0 Å². The molecule has 2 rings (SSSR count). The predicted molar refractivity (Wildman–Crippen MR) is 87.5 cm³/mol. The molecule has 0 aliphatic carbocycles. The number of hydrogen-bond donors (Lipinski definition) is 1. The number of rotatable bonds is 6. The number of anilines is 1. The van der Waals surface area contributed by atoms with Crippen molar-refractivity contribution in [3.05, 3.63) is 18.2 Å². The minimum Gasteiger partial charge on any atom is -0.490 e. The van der Waals surface area contributed by atoms with Crippen LogP contribution >= 0.6 is 11.8 Å². The van der Waals surface area contributed by atoms with Crippen molar-refractivity contribution in [1.29, 1.82) is 0 Å². The summed E-state index contributed by atoms with van der Waals surface area (Å²) in [5, 5.41) is 2.90. The van der Waals surface area contributed by atoms with Crippen molar-refractivity contribution in [1.82, 2.24) is 0 Å². The average molecular weight is 309 g/mol. The monoisotopic (exact) mass is 309 g/mol. The lowest BCUT2D eigenvalue weighted by Crippen LogP contribution is -2.22. The quantitative estimate of drug-likeness (QED) is 0.814. The molecule has 116 valence electrons. The van der Waals surface area contributed by atoms with E-state index in [0.717, 1.165) is 36.5 Å². The van der Waals surface area contributed by atoms with E-state index in [1.807, 2.05) is 25.1 Å². The topological polar surface area (TPSA) is 47.6 Å². The maximum Gasteiger partial charge on any atom is 0.237 e. The van der Waals surface area contributed by atoms with Gasteiger partial charge in [0.15, 0.2) is 11.5 Å². The molecular weight excluding hydrogens is 286 g/mol. The van der Waals surface area contributed by atoms with Gasteiger partial charge in [0.2, 0.25) is 5.91 Å². The number of carbonyl (C=O) groups is 1. The van der Waals surface area contributed by atoms with Crippen LogP contribution in [0.25, 0.3) is 0 Å². The molecule has 0 aromatic heterocycles. The molecule has 1 N–H and O–H groups in total. The Labute approximate surface area is 130 Å². The van der Waals surface area contributed by atoms with Crippen LogP contribution in [0.5, 0.6) is 11.5 Å². The molecule has 0 radical (unpaired) electrons. The zero-order valence-electron chi connectivity index (χ0n) is 12.7. The van der Waals surface area contributed by atoms with E-state index in [4.69, 9.17) is 9.47 Å². The minimum absolute atomic E-state index is 0.0330. The summed E-state index contributed by atoms with van der Waals surface area (Å²) in [6.45, 7) is 5.42. The largest absolute Gasteiger partial charge is 0.490 e. The maximum absolute atomic E-state index is 12.1. The smallest absolute Gasteiger partial charge is 0.237 e. The molecule has 1 heterocycles. The van der Waals surface area contributed by atoms with Gasteiger partial charge in [0.05, 0.1) is 18.5 Å². The summed E-state index contributed by atoms with van der Waals surface area (Å²) in [5.41, 5.74) is 0.757. The average Bonchev–Trinajstić information content (AvgIpc) is 2.72. The fraction of sp³-hybridized carbons (Fsp3) is 0.562. The van der Waals surface area contributed by atoms with Crippen LogP contribution in [0.3, 0.4) is 0 Å². The molecule has 0 spiro atoms. The summed E-state index contributed by atoms with van der Waals surface area (Å²) < 4.78 is 11.2. The second kappa shape index (κ2) is 8.17. The number of hydrogen-bond acceptors (Lipinski definition) is 4. The number of nitrogens with one attached hydrogen (secondary N) is 1. The fourth-order valence-corrected chi connectivity index (χ4v) is 2.98. The van der Waals surface area contributed by atoms with Gasteiger partial charge in [-0.25, -0.2) is 0 Å². The van der Waals surface area contributed by atoms with E-state index in [1.165, 1.54) is 0 Å². The van der Waals surface area contributed by atoms with E-state index in [0.29, 0.717) is 19.0 Å². The number of amides is 1. The van der Waals surface area contributed by atoms with Crippen molar-refractivity contribution in [2.45, 2.75) is 38.4 Å². The first-order valence-electron chi connectivity index (χ1n) is 7.53. The highest BCUT2D eigenvalue weighted by Gasteiger charge is 2.15. The first-order valence-corrected chi connectivity index (χ1v) is 8.57. The van der Waals surface area contributed by atoms with Gasteiger partial charge in [-0.3, -0.25) is 4.79 Å². The van der Waals surface area contributed by atoms with Crippen molar-refractivity contribution in [2.24, 2.45) is 0 Å². The highest BCUT2D eigenvalue weighted by molar-refractivity contribution is 8.00. The first kappa shape index (κ1) is 16.0. The summed E-state index contributed by atoms with van der Waals surface area (Å²) in [7, 11) is 0. The van der Waals surface area contributed by atoms with Crippen LogP contribution in [0, 0.1) is 0 Å². The Kier molecular flexibility index (Phi) is 6.23. The van der Waals surface area contributed by atoms with Gasteiger partial charge in [0, 0.05) is 18.2 Å². The summed E-state index contributed by atoms with van der Waals surface area (Å²) in [5.74, 6) is 2.50. The van der Waals surface area contributed by atoms with E-state index in [2.05, 4.69) is 12.2 Å². The molecule has 0 saturated heterocycles. The van der Waals surface area contributed by atoms with Crippen molar-refractivity contribution >= 4 is 23.4 Å². The standard InChI is InChI=1S/C16H23NO3S/c1-3-4-10-21-12(2)16(18)17-13-6-7-14-15(11-13)20-9-5-8-19-14/h6-7,11-12H,3-5,8-10H2,1-2H3,(H,17,18). The number of ether oxygens (including phenoxy) is 2. The lowest BCUT2D eigenvalue weighted by atomic mass is 10.2. The van der Waals surface area contributed by atoms with Crippen molar-refractivity contribution in [3.8, 4) is 11.5 Å². The third kappa shape index (κ3) is 4.84. The lowest BCUT2D eigenvalue weighted by Gasteiger charge is -2.13. The van der Waals surface area contributed by atoms with Crippen LogP contribution in [0.15, 0.2) is 18.2 Å². The Morgan fingerprint density at radius 2 is 2.10 bits per heavy atom. The van der Waals surface area contributed by atoms with Gasteiger partial charge in [-0.15, -0.1) is 11.8 Å². The summed E-state index contributed by atoms with van der Waals surface area (Å²) in [6.07, 6.45) is 3.18. The van der Waals surface area contributed by atoms with Gasteiger partial charge < -0.3 is 14.8 Å². The van der Waals surface area contributed by atoms with Crippen LogP contribution in [-0.2, 0) is 4.79 Å². The normalized spacial score (nSPS) is 15.1. The van der Waals surface area contributed by atoms with Gasteiger partial charge in [-0.05, 0) is 31.2 Å². The molecule has 1 amide bonds. The zero-order chi connectivity index (χ0) is 15.1. The van der Waals surface area contributed by atoms with Crippen LogP contribution in [0.1, 0.15) is 33.1 Å².